The molecule has 0 radical (unpaired) electrons. The average molecular weight is 1070 g/mol. The van der Waals surface area contributed by atoms with Gasteiger partial charge >= 0.3 is 17.9 Å². The molecule has 0 bridgehead atoms. The topological polar surface area (TPSA) is 78.9 Å². The molecule has 0 saturated carbocycles. The Balaban J connectivity index is 4.09. The summed E-state index contributed by atoms with van der Waals surface area (Å²) in [6.07, 6.45) is 81.5. The van der Waals surface area contributed by atoms with Crippen LogP contribution in [0.25, 0.3) is 0 Å². The van der Waals surface area contributed by atoms with Gasteiger partial charge in [0.15, 0.2) is 6.10 Å². The van der Waals surface area contributed by atoms with E-state index in [0.717, 1.165) is 70.6 Å². The Bertz CT molecular complexity index is 1310. The zero-order chi connectivity index (χ0) is 55.0. The average Bonchev–Trinajstić information content (AvgIpc) is 3.42. The second-order valence-electron chi connectivity index (χ2n) is 22.7. The van der Waals surface area contributed by atoms with Gasteiger partial charge in [-0.15, -0.1) is 0 Å². The summed E-state index contributed by atoms with van der Waals surface area (Å²) in [5, 5.41) is 0. The quantitative estimate of drug-likeness (QED) is 0.0261. The molecule has 1 atom stereocenters. The van der Waals surface area contributed by atoms with Gasteiger partial charge in [-0.25, -0.2) is 0 Å². The van der Waals surface area contributed by atoms with Crippen LogP contribution < -0.4 is 0 Å². The van der Waals surface area contributed by atoms with Crippen LogP contribution >= 0.6 is 0 Å². The molecule has 0 aromatic carbocycles. The minimum atomic E-state index is -0.772. The third-order valence-corrected chi connectivity index (χ3v) is 15.1. The minimum absolute atomic E-state index is 0.0706. The van der Waals surface area contributed by atoms with Gasteiger partial charge in [0.2, 0.25) is 0 Å². The molecule has 1 unspecified atom stereocenters. The Morgan fingerprint density at radius 2 is 0.474 bits per heavy atom. The fraction of sp³-hybridized carbons (Fsp3) is 0.843. The van der Waals surface area contributed by atoms with E-state index in [0.29, 0.717) is 19.3 Å². The zero-order valence-electron chi connectivity index (χ0n) is 51.0. The molecule has 0 spiro atoms. The second kappa shape index (κ2) is 64.9. The summed E-state index contributed by atoms with van der Waals surface area (Å²) in [4.78, 5) is 38.2. The van der Waals surface area contributed by atoms with Crippen LogP contribution in [0.3, 0.4) is 0 Å². The molecule has 0 saturated heterocycles. The number of allylic oxidation sites excluding steroid dienone is 8. The van der Waals surface area contributed by atoms with E-state index >= 15 is 0 Å². The van der Waals surface area contributed by atoms with Crippen molar-refractivity contribution in [2.24, 2.45) is 0 Å². The molecular formula is C70H128O6. The van der Waals surface area contributed by atoms with Crippen LogP contribution in [0.15, 0.2) is 48.6 Å². The van der Waals surface area contributed by atoms with Crippen LogP contribution in [0.1, 0.15) is 361 Å². The van der Waals surface area contributed by atoms with E-state index in [2.05, 4.69) is 69.4 Å². The summed E-state index contributed by atoms with van der Waals surface area (Å²) in [5.74, 6) is -0.858. The molecule has 0 fully saturated rings. The number of esters is 3. The van der Waals surface area contributed by atoms with Crippen molar-refractivity contribution in [3.05, 3.63) is 48.6 Å². The third-order valence-electron chi connectivity index (χ3n) is 15.1. The molecular weight excluding hydrogens is 937 g/mol. The predicted octanol–water partition coefficient (Wildman–Crippen LogP) is 22.9. The Labute approximate surface area is 473 Å². The van der Waals surface area contributed by atoms with Gasteiger partial charge < -0.3 is 14.2 Å². The summed E-state index contributed by atoms with van der Waals surface area (Å²) >= 11 is 0. The largest absolute Gasteiger partial charge is 0.462 e. The monoisotopic (exact) mass is 1060 g/mol. The Morgan fingerprint density at radius 3 is 0.724 bits per heavy atom. The van der Waals surface area contributed by atoms with Gasteiger partial charge in [-0.2, -0.15) is 0 Å². The Morgan fingerprint density at radius 1 is 0.263 bits per heavy atom. The molecule has 0 aromatic rings. The van der Waals surface area contributed by atoms with E-state index in [4.69, 9.17) is 14.2 Å². The number of ether oxygens (including phenoxy) is 3. The second-order valence-corrected chi connectivity index (χ2v) is 22.7. The molecule has 0 heterocycles. The van der Waals surface area contributed by atoms with Crippen molar-refractivity contribution in [2.75, 3.05) is 13.2 Å². The Kier molecular flexibility index (Phi) is 62.6. The molecule has 0 amide bonds. The first-order chi connectivity index (χ1) is 37.5. The van der Waals surface area contributed by atoms with E-state index in [1.165, 1.54) is 250 Å². The number of hydrogen-bond acceptors (Lipinski definition) is 6. The van der Waals surface area contributed by atoms with Gasteiger partial charge in [0.25, 0.3) is 0 Å². The highest BCUT2D eigenvalue weighted by Gasteiger charge is 2.19. The molecule has 6 heteroatoms. The highest BCUT2D eigenvalue weighted by atomic mass is 16.6. The lowest BCUT2D eigenvalue weighted by Gasteiger charge is -2.18. The summed E-state index contributed by atoms with van der Waals surface area (Å²) < 4.78 is 16.9. The van der Waals surface area contributed by atoms with Gasteiger partial charge in [0, 0.05) is 19.3 Å². The van der Waals surface area contributed by atoms with E-state index in [1.807, 2.05) is 0 Å². The predicted molar refractivity (Wildman–Crippen MR) is 330 cm³/mol. The fourth-order valence-corrected chi connectivity index (χ4v) is 9.98. The van der Waals surface area contributed by atoms with Crippen LogP contribution in [0.4, 0.5) is 0 Å². The van der Waals surface area contributed by atoms with E-state index in [-0.39, 0.29) is 31.1 Å². The van der Waals surface area contributed by atoms with Crippen LogP contribution in [-0.4, -0.2) is 37.2 Å². The first kappa shape index (κ1) is 73.4. The SMILES string of the molecule is CCCCCCC/C=C\C/C=C\CCCCCCCCCCCCCCCCCCCC(=O)OCC(COC(=O)CCCCCCCCCC)OC(=O)CCCCCCCCCCC/C=C\C/C=C\CCCCCCC. The molecule has 0 aliphatic heterocycles. The molecule has 444 valence electrons. The van der Waals surface area contributed by atoms with Gasteiger partial charge in [0.1, 0.15) is 13.2 Å². The lowest BCUT2D eigenvalue weighted by atomic mass is 10.0. The lowest BCUT2D eigenvalue weighted by molar-refractivity contribution is -0.167. The van der Waals surface area contributed by atoms with Gasteiger partial charge in [-0.3, -0.25) is 14.4 Å². The molecule has 0 aliphatic rings. The van der Waals surface area contributed by atoms with Crippen molar-refractivity contribution in [3.63, 3.8) is 0 Å². The van der Waals surface area contributed by atoms with Crippen molar-refractivity contribution >= 4 is 17.9 Å². The van der Waals surface area contributed by atoms with Crippen LogP contribution in [0.2, 0.25) is 0 Å². The first-order valence-electron chi connectivity index (χ1n) is 33.6. The molecule has 0 aliphatic carbocycles. The normalized spacial score (nSPS) is 12.3. The van der Waals surface area contributed by atoms with Crippen LogP contribution in [0.5, 0.6) is 0 Å². The number of carbonyl (C=O) groups is 3. The van der Waals surface area contributed by atoms with Crippen molar-refractivity contribution in [1.29, 1.82) is 0 Å². The van der Waals surface area contributed by atoms with E-state index in [9.17, 15) is 14.4 Å². The molecule has 6 nitrogen and oxygen atoms in total. The van der Waals surface area contributed by atoms with Crippen molar-refractivity contribution in [3.8, 4) is 0 Å². The maximum Gasteiger partial charge on any atom is 0.306 e. The van der Waals surface area contributed by atoms with Crippen molar-refractivity contribution in [1.82, 2.24) is 0 Å². The summed E-state index contributed by atoms with van der Waals surface area (Å²) in [5.41, 5.74) is 0. The third kappa shape index (κ3) is 62.2. The van der Waals surface area contributed by atoms with Crippen molar-refractivity contribution in [2.45, 2.75) is 367 Å². The summed E-state index contributed by atoms with van der Waals surface area (Å²) in [7, 11) is 0. The maximum atomic E-state index is 12.9. The first-order valence-corrected chi connectivity index (χ1v) is 33.6. The van der Waals surface area contributed by atoms with E-state index in [1.54, 1.807) is 0 Å². The van der Waals surface area contributed by atoms with Gasteiger partial charge in [-0.05, 0) is 83.5 Å². The van der Waals surface area contributed by atoms with Crippen LogP contribution in [0, 0.1) is 0 Å². The maximum absolute atomic E-state index is 12.9. The van der Waals surface area contributed by atoms with E-state index < -0.39 is 6.10 Å². The summed E-state index contributed by atoms with van der Waals surface area (Å²) in [6.45, 7) is 6.64. The summed E-state index contributed by atoms with van der Waals surface area (Å²) in [6, 6.07) is 0. The Hall–Kier alpha value is -2.63. The fourth-order valence-electron chi connectivity index (χ4n) is 9.98. The van der Waals surface area contributed by atoms with Gasteiger partial charge in [-0.1, -0.05) is 307 Å². The number of unbranched alkanes of at least 4 members (excludes halogenated alkanes) is 43. The van der Waals surface area contributed by atoms with Gasteiger partial charge in [0.05, 0.1) is 0 Å². The number of hydrogen-bond donors (Lipinski definition) is 0. The van der Waals surface area contributed by atoms with Crippen molar-refractivity contribution < 1.29 is 28.6 Å². The highest BCUT2D eigenvalue weighted by molar-refractivity contribution is 5.71. The smallest absolute Gasteiger partial charge is 0.306 e. The highest BCUT2D eigenvalue weighted by Crippen LogP contribution is 2.17. The number of carbonyl (C=O) groups excluding carboxylic acids is 3. The lowest BCUT2D eigenvalue weighted by Crippen LogP contribution is -2.30. The molecule has 0 rings (SSSR count). The molecule has 76 heavy (non-hydrogen) atoms. The molecule has 0 N–H and O–H groups in total. The zero-order valence-corrected chi connectivity index (χ0v) is 51.0. The minimum Gasteiger partial charge on any atom is -0.462 e. The number of rotatable bonds is 62. The van der Waals surface area contributed by atoms with Crippen LogP contribution in [-0.2, 0) is 28.6 Å². The standard InChI is InChI=1S/C70H128O6/c1-4-7-10-13-16-19-21-23-25-27-29-31-32-33-34-35-36-37-38-40-41-43-45-47-49-51-54-57-60-63-69(72)75-66-67(65-74-68(71)62-59-56-53-18-15-12-9-6-3)76-70(73)64-61-58-55-52-50-48-46-44-42-39-30-28-26-24-22-20-17-14-11-8-5-2/h21-24,27-30,67H,4-20,25-26,31-66H2,1-3H3/b23-21-,24-22-,29-27-,30-28-. The molecule has 0 aromatic heterocycles.